The van der Waals surface area contributed by atoms with Crippen LogP contribution in [0.25, 0.3) is 0 Å². The van der Waals surface area contributed by atoms with Crippen LogP contribution in [0.1, 0.15) is 22.0 Å². The molecule has 0 fully saturated rings. The Bertz CT molecular complexity index is 722. The van der Waals surface area contributed by atoms with E-state index >= 15 is 0 Å². The molecule has 104 valence electrons. The van der Waals surface area contributed by atoms with Crippen molar-refractivity contribution in [2.75, 3.05) is 0 Å². The van der Waals surface area contributed by atoms with Gasteiger partial charge in [-0.3, -0.25) is 9.35 Å². The van der Waals surface area contributed by atoms with Crippen LogP contribution in [0.2, 0.25) is 0 Å². The molecule has 20 heavy (non-hydrogen) atoms. The molecular formula is C14H12O5S. The van der Waals surface area contributed by atoms with Gasteiger partial charge in [-0.15, -0.1) is 0 Å². The van der Waals surface area contributed by atoms with Crippen LogP contribution in [-0.4, -0.2) is 23.9 Å². The Balaban J connectivity index is 2.45. The number of benzene rings is 2. The first-order valence-corrected chi connectivity index (χ1v) is 7.19. The monoisotopic (exact) mass is 292 g/mol. The third kappa shape index (κ3) is 2.93. The van der Waals surface area contributed by atoms with Crippen LogP contribution in [0, 0.1) is 0 Å². The van der Waals surface area contributed by atoms with Crippen LogP contribution >= 0.6 is 0 Å². The summed E-state index contributed by atoms with van der Waals surface area (Å²) in [6, 6.07) is 13.3. The molecule has 0 aliphatic rings. The Morgan fingerprint density at radius 1 is 0.950 bits per heavy atom. The Kier molecular flexibility index (Phi) is 3.99. The lowest BCUT2D eigenvalue weighted by molar-refractivity contribution is 0.0743. The molecule has 1 atom stereocenters. The van der Waals surface area contributed by atoms with Crippen molar-refractivity contribution in [2.24, 2.45) is 0 Å². The molecule has 1 unspecified atom stereocenters. The lowest BCUT2D eigenvalue weighted by Crippen LogP contribution is -2.16. The number of hydrogen-bond acceptors (Lipinski definition) is 4. The molecule has 0 amide bonds. The molecule has 0 aliphatic carbocycles. The van der Waals surface area contributed by atoms with Crippen molar-refractivity contribution in [3.63, 3.8) is 0 Å². The van der Waals surface area contributed by atoms with Gasteiger partial charge in [0.05, 0.1) is 0 Å². The zero-order chi connectivity index (χ0) is 14.8. The predicted molar refractivity (Wildman–Crippen MR) is 72.0 cm³/mol. The largest absolute Gasteiger partial charge is 0.380 e. The molecule has 0 saturated carbocycles. The van der Waals surface area contributed by atoms with Gasteiger partial charge in [-0.05, 0) is 17.7 Å². The Hall–Kier alpha value is -2.02. The lowest BCUT2D eigenvalue weighted by atomic mass is 10.00. The van der Waals surface area contributed by atoms with E-state index in [1.807, 2.05) is 0 Å². The van der Waals surface area contributed by atoms with Crippen molar-refractivity contribution in [2.45, 2.75) is 11.0 Å². The topological polar surface area (TPSA) is 91.7 Å². The van der Waals surface area contributed by atoms with Gasteiger partial charge in [0, 0.05) is 5.56 Å². The Labute approximate surface area is 116 Å². The molecule has 2 rings (SSSR count). The number of ketones is 1. The van der Waals surface area contributed by atoms with E-state index in [1.54, 1.807) is 30.3 Å². The second kappa shape index (κ2) is 5.54. The number of aliphatic hydroxyl groups is 1. The normalized spacial score (nSPS) is 12.9. The molecular weight excluding hydrogens is 280 g/mol. The highest BCUT2D eigenvalue weighted by atomic mass is 32.2. The van der Waals surface area contributed by atoms with E-state index in [4.69, 9.17) is 4.55 Å². The van der Waals surface area contributed by atoms with E-state index in [0.29, 0.717) is 5.56 Å². The maximum absolute atomic E-state index is 12.2. The fraction of sp³-hybridized carbons (Fsp3) is 0.0714. The summed E-state index contributed by atoms with van der Waals surface area (Å²) < 4.78 is 31.6. The summed E-state index contributed by atoms with van der Waals surface area (Å²) in [5, 5.41) is 10.0. The highest BCUT2D eigenvalue weighted by Gasteiger charge is 2.25. The second-order valence-corrected chi connectivity index (χ2v) is 5.54. The quantitative estimate of drug-likeness (QED) is 0.663. The van der Waals surface area contributed by atoms with Crippen LogP contribution in [-0.2, 0) is 10.1 Å². The van der Waals surface area contributed by atoms with Gasteiger partial charge in [0.25, 0.3) is 10.1 Å². The molecule has 0 aromatic heterocycles. The van der Waals surface area contributed by atoms with Crippen LogP contribution in [0.4, 0.5) is 0 Å². The van der Waals surface area contributed by atoms with Gasteiger partial charge in [-0.2, -0.15) is 8.42 Å². The number of carbonyl (C=O) groups excluding carboxylic acids is 1. The van der Waals surface area contributed by atoms with Crippen molar-refractivity contribution >= 4 is 15.9 Å². The van der Waals surface area contributed by atoms with Gasteiger partial charge in [0.2, 0.25) is 0 Å². The summed E-state index contributed by atoms with van der Waals surface area (Å²) in [4.78, 5) is 11.7. The van der Waals surface area contributed by atoms with Gasteiger partial charge in [0.1, 0.15) is 11.0 Å². The summed E-state index contributed by atoms with van der Waals surface area (Å²) in [6.45, 7) is 0. The van der Waals surface area contributed by atoms with Gasteiger partial charge >= 0.3 is 0 Å². The third-order valence-corrected chi connectivity index (χ3v) is 3.71. The second-order valence-electron chi connectivity index (χ2n) is 4.15. The maximum atomic E-state index is 12.2. The molecule has 2 N–H and O–H groups in total. The van der Waals surface area contributed by atoms with E-state index in [9.17, 15) is 18.3 Å². The van der Waals surface area contributed by atoms with E-state index in [0.717, 1.165) is 6.07 Å². The fourth-order valence-corrected chi connectivity index (χ4v) is 2.53. The van der Waals surface area contributed by atoms with Crippen molar-refractivity contribution in [1.82, 2.24) is 0 Å². The summed E-state index contributed by atoms with van der Waals surface area (Å²) >= 11 is 0. The molecule has 2 aromatic rings. The van der Waals surface area contributed by atoms with Crippen molar-refractivity contribution in [3.05, 3.63) is 65.7 Å². The van der Waals surface area contributed by atoms with E-state index in [-0.39, 0.29) is 5.56 Å². The zero-order valence-electron chi connectivity index (χ0n) is 10.3. The molecule has 0 aliphatic heterocycles. The minimum atomic E-state index is -4.53. The number of rotatable bonds is 4. The standard InChI is InChI=1S/C14H12O5S/c15-13(10-6-2-1-3-7-10)14(16)11-8-4-5-9-12(11)20(17,18)19/h1-9,13,15H,(H,17,18,19). The van der Waals surface area contributed by atoms with Crippen molar-refractivity contribution in [1.29, 1.82) is 0 Å². The summed E-state index contributed by atoms with van der Waals surface area (Å²) in [5.74, 6) is -0.788. The van der Waals surface area contributed by atoms with Gasteiger partial charge in [-0.1, -0.05) is 42.5 Å². The van der Waals surface area contributed by atoms with Gasteiger partial charge in [0.15, 0.2) is 5.78 Å². The third-order valence-electron chi connectivity index (χ3n) is 2.79. The first-order chi connectivity index (χ1) is 9.41. The maximum Gasteiger partial charge on any atom is 0.295 e. The van der Waals surface area contributed by atoms with E-state index < -0.39 is 26.9 Å². The summed E-state index contributed by atoms with van der Waals surface area (Å²) in [6.07, 6.45) is -1.49. The highest BCUT2D eigenvalue weighted by molar-refractivity contribution is 7.86. The molecule has 0 bridgehead atoms. The minimum absolute atomic E-state index is 0.244. The van der Waals surface area contributed by atoms with Crippen LogP contribution < -0.4 is 0 Å². The molecule has 0 spiro atoms. The lowest BCUT2D eigenvalue weighted by Gasteiger charge is -2.12. The SMILES string of the molecule is O=C(c1ccccc1S(=O)(=O)O)C(O)c1ccccc1. The van der Waals surface area contributed by atoms with Crippen LogP contribution in [0.3, 0.4) is 0 Å². The first-order valence-electron chi connectivity index (χ1n) is 5.75. The number of Topliss-reactive ketones (excluding diaryl/α,β-unsaturated/α-hetero) is 1. The molecule has 0 radical (unpaired) electrons. The van der Waals surface area contributed by atoms with Crippen LogP contribution in [0.15, 0.2) is 59.5 Å². The molecule has 6 heteroatoms. The van der Waals surface area contributed by atoms with E-state index in [1.165, 1.54) is 18.2 Å². The Morgan fingerprint density at radius 3 is 2.10 bits per heavy atom. The fourth-order valence-electron chi connectivity index (χ4n) is 1.83. The number of hydrogen-bond donors (Lipinski definition) is 2. The van der Waals surface area contributed by atoms with Gasteiger partial charge < -0.3 is 5.11 Å². The minimum Gasteiger partial charge on any atom is -0.380 e. The predicted octanol–water partition coefficient (Wildman–Crippen LogP) is 1.85. The molecule has 5 nitrogen and oxygen atoms in total. The highest BCUT2D eigenvalue weighted by Crippen LogP contribution is 2.23. The molecule has 0 heterocycles. The zero-order valence-corrected chi connectivity index (χ0v) is 11.1. The molecule has 2 aromatic carbocycles. The van der Waals surface area contributed by atoms with Gasteiger partial charge in [-0.25, -0.2) is 0 Å². The van der Waals surface area contributed by atoms with Crippen molar-refractivity contribution < 1.29 is 22.9 Å². The summed E-state index contributed by atoms with van der Waals surface area (Å²) in [5.41, 5.74) is 0.106. The first kappa shape index (κ1) is 14.4. The average Bonchev–Trinajstić information content (AvgIpc) is 2.46. The molecule has 0 saturated heterocycles. The average molecular weight is 292 g/mol. The number of carbonyl (C=O) groups is 1. The smallest absolute Gasteiger partial charge is 0.295 e. The summed E-state index contributed by atoms with van der Waals surface area (Å²) in [7, 11) is -4.53. The van der Waals surface area contributed by atoms with E-state index in [2.05, 4.69) is 0 Å². The number of aliphatic hydroxyl groups excluding tert-OH is 1. The van der Waals surface area contributed by atoms with Crippen molar-refractivity contribution in [3.8, 4) is 0 Å². The Morgan fingerprint density at radius 2 is 1.50 bits per heavy atom. The van der Waals surface area contributed by atoms with Crippen LogP contribution in [0.5, 0.6) is 0 Å².